The molecule has 136 valence electrons. The zero-order valence-corrected chi connectivity index (χ0v) is 14.8. The Hall–Kier alpha value is -2.90. The molecule has 2 aromatic heterocycles. The molecular formula is C18H21N5O3. The molecule has 1 aliphatic heterocycles. The van der Waals surface area contributed by atoms with Crippen molar-refractivity contribution in [2.24, 2.45) is 0 Å². The maximum absolute atomic E-state index is 12.2. The molecule has 0 saturated carbocycles. The summed E-state index contributed by atoms with van der Waals surface area (Å²) in [7, 11) is 0. The Morgan fingerprint density at radius 3 is 2.65 bits per heavy atom. The number of benzene rings is 1. The highest BCUT2D eigenvalue weighted by molar-refractivity contribution is 5.82. The summed E-state index contributed by atoms with van der Waals surface area (Å²) in [4.78, 5) is 23.0. The number of para-hydroxylation sites is 2. The van der Waals surface area contributed by atoms with E-state index in [9.17, 15) is 9.90 Å². The summed E-state index contributed by atoms with van der Waals surface area (Å²) in [5.74, 6) is 0.451. The fourth-order valence-electron chi connectivity index (χ4n) is 3.52. The topological polar surface area (TPSA) is 97.3 Å². The maximum Gasteiger partial charge on any atom is 0.330 e. The van der Waals surface area contributed by atoms with Crippen molar-refractivity contribution in [2.75, 3.05) is 18.0 Å². The Morgan fingerprint density at radius 1 is 1.27 bits per heavy atom. The molecule has 1 fully saturated rings. The first-order valence-electron chi connectivity index (χ1n) is 8.76. The zero-order valence-electron chi connectivity index (χ0n) is 14.8. The van der Waals surface area contributed by atoms with E-state index in [2.05, 4.69) is 15.1 Å². The smallest absolute Gasteiger partial charge is 0.330 e. The first-order chi connectivity index (χ1) is 12.5. The molecule has 0 spiro atoms. The molecule has 4 rings (SSSR count). The SMILES string of the molecule is CC(C)c1nc(N2CCC(C(=O)O)(n3cnc4ccccc43)CC2)no1. The van der Waals surface area contributed by atoms with Gasteiger partial charge in [0.05, 0.1) is 17.4 Å². The van der Waals surface area contributed by atoms with E-state index in [1.54, 1.807) is 10.9 Å². The van der Waals surface area contributed by atoms with Crippen molar-refractivity contribution in [3.05, 3.63) is 36.5 Å². The summed E-state index contributed by atoms with van der Waals surface area (Å²) in [6, 6.07) is 7.60. The number of piperidine rings is 1. The van der Waals surface area contributed by atoms with Gasteiger partial charge in [-0.15, -0.1) is 0 Å². The number of hydrogen-bond donors (Lipinski definition) is 1. The quantitative estimate of drug-likeness (QED) is 0.768. The second kappa shape index (κ2) is 6.12. The Bertz CT molecular complexity index is 937. The van der Waals surface area contributed by atoms with E-state index in [-0.39, 0.29) is 5.92 Å². The number of imidazole rings is 1. The largest absolute Gasteiger partial charge is 0.479 e. The third kappa shape index (κ3) is 2.53. The summed E-state index contributed by atoms with van der Waals surface area (Å²) in [5.41, 5.74) is 0.623. The predicted octanol–water partition coefficient (Wildman–Crippen LogP) is 2.62. The van der Waals surface area contributed by atoms with E-state index in [1.165, 1.54) is 0 Å². The second-order valence-corrected chi connectivity index (χ2v) is 7.01. The number of carboxylic acid groups (broad SMARTS) is 1. The van der Waals surface area contributed by atoms with Crippen LogP contribution in [0.5, 0.6) is 0 Å². The Kier molecular flexibility index (Phi) is 3.90. The molecule has 0 atom stereocenters. The molecule has 1 saturated heterocycles. The predicted molar refractivity (Wildman–Crippen MR) is 95.2 cm³/mol. The van der Waals surface area contributed by atoms with Crippen LogP contribution in [0.4, 0.5) is 5.95 Å². The standard InChI is InChI=1S/C18H21N5O3/c1-12(2)15-20-17(21-26-15)22-9-7-18(8-10-22,16(24)25)23-11-19-13-5-3-4-6-14(13)23/h3-6,11-12H,7-10H2,1-2H3,(H,24,25). The number of nitrogens with zero attached hydrogens (tertiary/aromatic N) is 5. The number of aromatic nitrogens is 4. The lowest BCUT2D eigenvalue weighted by atomic mass is 9.87. The molecule has 1 aromatic carbocycles. The lowest BCUT2D eigenvalue weighted by Gasteiger charge is -2.39. The van der Waals surface area contributed by atoms with Crippen LogP contribution in [0, 0.1) is 0 Å². The maximum atomic E-state index is 12.2. The highest BCUT2D eigenvalue weighted by atomic mass is 16.5. The average molecular weight is 355 g/mol. The van der Waals surface area contributed by atoms with Gasteiger partial charge in [0.25, 0.3) is 5.95 Å². The Labute approximate surface area is 150 Å². The number of carboxylic acids is 1. The number of hydrogen-bond acceptors (Lipinski definition) is 6. The monoisotopic (exact) mass is 355 g/mol. The number of rotatable bonds is 4. The molecule has 26 heavy (non-hydrogen) atoms. The van der Waals surface area contributed by atoms with Gasteiger partial charge in [0.1, 0.15) is 5.54 Å². The highest BCUT2D eigenvalue weighted by Crippen LogP contribution is 2.34. The van der Waals surface area contributed by atoms with Crippen molar-refractivity contribution in [2.45, 2.75) is 38.1 Å². The van der Waals surface area contributed by atoms with Gasteiger partial charge in [-0.2, -0.15) is 4.98 Å². The van der Waals surface area contributed by atoms with Gasteiger partial charge in [0, 0.05) is 19.0 Å². The van der Waals surface area contributed by atoms with Gasteiger partial charge in [-0.05, 0) is 30.1 Å². The minimum atomic E-state index is -1.02. The van der Waals surface area contributed by atoms with Crippen LogP contribution in [0.25, 0.3) is 11.0 Å². The third-order valence-electron chi connectivity index (χ3n) is 5.11. The fraction of sp³-hybridized carbons (Fsp3) is 0.444. The lowest BCUT2D eigenvalue weighted by Crippen LogP contribution is -2.51. The minimum absolute atomic E-state index is 0.163. The third-order valence-corrected chi connectivity index (χ3v) is 5.11. The van der Waals surface area contributed by atoms with Gasteiger partial charge in [0.2, 0.25) is 5.89 Å². The van der Waals surface area contributed by atoms with Crippen molar-refractivity contribution < 1.29 is 14.4 Å². The molecule has 1 aliphatic rings. The van der Waals surface area contributed by atoms with Crippen molar-refractivity contribution in [1.82, 2.24) is 19.7 Å². The molecule has 3 heterocycles. The normalized spacial score (nSPS) is 17.1. The molecule has 8 heteroatoms. The molecule has 0 bridgehead atoms. The van der Waals surface area contributed by atoms with Crippen LogP contribution in [-0.4, -0.2) is 43.9 Å². The van der Waals surface area contributed by atoms with Gasteiger partial charge >= 0.3 is 5.97 Å². The van der Waals surface area contributed by atoms with Crippen molar-refractivity contribution >= 4 is 23.0 Å². The molecular weight excluding hydrogens is 334 g/mol. The molecule has 0 radical (unpaired) electrons. The summed E-state index contributed by atoms with van der Waals surface area (Å²) >= 11 is 0. The first kappa shape index (κ1) is 16.6. The van der Waals surface area contributed by atoms with E-state index in [4.69, 9.17) is 4.52 Å². The van der Waals surface area contributed by atoms with Crippen LogP contribution in [0.2, 0.25) is 0 Å². The number of aliphatic carboxylic acids is 1. The molecule has 0 amide bonds. The summed E-state index contributed by atoms with van der Waals surface area (Å²) < 4.78 is 7.08. The van der Waals surface area contributed by atoms with Crippen LogP contribution in [0.1, 0.15) is 38.5 Å². The van der Waals surface area contributed by atoms with Gasteiger partial charge in [-0.3, -0.25) is 0 Å². The van der Waals surface area contributed by atoms with Crippen molar-refractivity contribution in [3.63, 3.8) is 0 Å². The molecule has 0 unspecified atom stereocenters. The van der Waals surface area contributed by atoms with Gasteiger partial charge in [0.15, 0.2) is 0 Å². The number of anilines is 1. The van der Waals surface area contributed by atoms with Crippen LogP contribution in [0.3, 0.4) is 0 Å². The minimum Gasteiger partial charge on any atom is -0.479 e. The second-order valence-electron chi connectivity index (χ2n) is 7.01. The lowest BCUT2D eigenvalue weighted by molar-refractivity contribution is -0.148. The Morgan fingerprint density at radius 2 is 2.00 bits per heavy atom. The average Bonchev–Trinajstić information content (AvgIpc) is 3.29. The van der Waals surface area contributed by atoms with E-state index in [1.807, 2.05) is 43.0 Å². The Balaban J connectivity index is 1.62. The van der Waals surface area contributed by atoms with Crippen molar-refractivity contribution in [3.8, 4) is 0 Å². The van der Waals surface area contributed by atoms with Crippen LogP contribution in [0.15, 0.2) is 35.1 Å². The van der Waals surface area contributed by atoms with Crippen LogP contribution in [-0.2, 0) is 10.3 Å². The van der Waals surface area contributed by atoms with Gasteiger partial charge in [-0.1, -0.05) is 26.0 Å². The van der Waals surface area contributed by atoms with E-state index in [0.29, 0.717) is 37.8 Å². The van der Waals surface area contributed by atoms with E-state index < -0.39 is 11.5 Å². The number of carbonyl (C=O) groups is 1. The highest BCUT2D eigenvalue weighted by Gasteiger charge is 2.44. The number of fused-ring (bicyclic) bond motifs is 1. The van der Waals surface area contributed by atoms with E-state index in [0.717, 1.165) is 11.0 Å². The summed E-state index contributed by atoms with van der Waals surface area (Å²) in [6.07, 6.45) is 2.52. The molecule has 0 aliphatic carbocycles. The zero-order chi connectivity index (χ0) is 18.3. The fourth-order valence-corrected chi connectivity index (χ4v) is 3.52. The molecule has 1 N–H and O–H groups in total. The molecule has 3 aromatic rings. The van der Waals surface area contributed by atoms with Crippen molar-refractivity contribution in [1.29, 1.82) is 0 Å². The van der Waals surface area contributed by atoms with Crippen LogP contribution < -0.4 is 4.90 Å². The van der Waals surface area contributed by atoms with Gasteiger partial charge in [-0.25, -0.2) is 9.78 Å². The summed E-state index contributed by atoms with van der Waals surface area (Å²) in [6.45, 7) is 5.06. The summed E-state index contributed by atoms with van der Waals surface area (Å²) in [5, 5.41) is 14.1. The van der Waals surface area contributed by atoms with Gasteiger partial charge < -0.3 is 19.1 Å². The molecule has 8 nitrogen and oxygen atoms in total. The first-order valence-corrected chi connectivity index (χ1v) is 8.76. The van der Waals surface area contributed by atoms with E-state index >= 15 is 0 Å². The van der Waals surface area contributed by atoms with Crippen LogP contribution >= 0.6 is 0 Å².